The maximum absolute atomic E-state index is 9.12. The Morgan fingerprint density at radius 1 is 1.44 bits per heavy atom. The number of aromatic amines is 1. The molecule has 4 nitrogen and oxygen atoms in total. The molecular formula is C14H14N4. The molecule has 4 rings (SSSR count). The molecule has 90 valence electrons. The van der Waals surface area contributed by atoms with Gasteiger partial charge in [0.25, 0.3) is 0 Å². The van der Waals surface area contributed by atoms with Gasteiger partial charge in [-0.05, 0) is 31.4 Å². The molecule has 0 radical (unpaired) electrons. The van der Waals surface area contributed by atoms with Crippen LogP contribution >= 0.6 is 0 Å². The van der Waals surface area contributed by atoms with E-state index >= 15 is 0 Å². The molecule has 1 aliphatic carbocycles. The van der Waals surface area contributed by atoms with Crippen LogP contribution in [0.15, 0.2) is 18.2 Å². The fraction of sp³-hybridized carbons (Fsp3) is 0.429. The van der Waals surface area contributed by atoms with E-state index in [1.165, 1.54) is 12.8 Å². The number of H-pyrrole nitrogens is 1. The van der Waals surface area contributed by atoms with Gasteiger partial charge < -0.3 is 5.32 Å². The topological polar surface area (TPSA) is 64.5 Å². The lowest BCUT2D eigenvalue weighted by Crippen LogP contribution is -2.34. The average molecular weight is 238 g/mol. The number of rotatable bonds is 1. The third-order valence-electron chi connectivity index (χ3n) is 4.53. The van der Waals surface area contributed by atoms with E-state index in [0.717, 1.165) is 35.6 Å². The highest BCUT2D eigenvalue weighted by Gasteiger charge is 2.58. The number of fused-ring (bicyclic) bond motifs is 2. The van der Waals surface area contributed by atoms with E-state index in [2.05, 4.69) is 27.6 Å². The molecular weight excluding hydrogens is 224 g/mol. The molecule has 2 N–H and O–H groups in total. The van der Waals surface area contributed by atoms with Gasteiger partial charge in [0.15, 0.2) is 0 Å². The van der Waals surface area contributed by atoms with Crippen LogP contribution in [-0.2, 0) is 5.41 Å². The van der Waals surface area contributed by atoms with E-state index in [4.69, 9.17) is 5.26 Å². The quantitative estimate of drug-likeness (QED) is 0.794. The summed E-state index contributed by atoms with van der Waals surface area (Å²) < 4.78 is 0. The summed E-state index contributed by atoms with van der Waals surface area (Å²) >= 11 is 0. The molecule has 0 spiro atoms. The third-order valence-corrected chi connectivity index (χ3v) is 4.53. The number of nitrogens with zero attached hydrogens (tertiary/aromatic N) is 2. The maximum Gasteiger partial charge on any atom is 0.101 e. The van der Waals surface area contributed by atoms with Crippen molar-refractivity contribution in [1.29, 1.82) is 5.26 Å². The zero-order chi connectivity index (χ0) is 12.2. The van der Waals surface area contributed by atoms with Crippen molar-refractivity contribution >= 4 is 10.9 Å². The number of aromatic nitrogens is 2. The van der Waals surface area contributed by atoms with Crippen molar-refractivity contribution < 1.29 is 0 Å². The van der Waals surface area contributed by atoms with Crippen LogP contribution in [0.4, 0.5) is 0 Å². The SMILES string of the molecule is N#Cc1cccc2c(C34CNCC[C@@H]3C4)n[nH]c12. The predicted molar refractivity (Wildman–Crippen MR) is 68.1 cm³/mol. The first kappa shape index (κ1) is 10.1. The van der Waals surface area contributed by atoms with Crippen LogP contribution in [0.2, 0.25) is 0 Å². The Balaban J connectivity index is 1.90. The Kier molecular flexibility index (Phi) is 1.87. The first-order valence-electron chi connectivity index (χ1n) is 6.43. The number of nitriles is 1. The van der Waals surface area contributed by atoms with Gasteiger partial charge in [0.05, 0.1) is 16.8 Å². The molecule has 1 aromatic carbocycles. The van der Waals surface area contributed by atoms with Gasteiger partial charge in [0.2, 0.25) is 0 Å². The summed E-state index contributed by atoms with van der Waals surface area (Å²) in [4.78, 5) is 0. The molecule has 2 aliphatic rings. The summed E-state index contributed by atoms with van der Waals surface area (Å²) in [5.74, 6) is 0.774. The maximum atomic E-state index is 9.12. The number of benzene rings is 1. The highest BCUT2D eigenvalue weighted by molar-refractivity contribution is 5.87. The van der Waals surface area contributed by atoms with E-state index in [9.17, 15) is 0 Å². The lowest BCUT2D eigenvalue weighted by Gasteiger charge is -2.21. The monoisotopic (exact) mass is 238 g/mol. The summed E-state index contributed by atoms with van der Waals surface area (Å²) in [6.45, 7) is 2.15. The zero-order valence-electron chi connectivity index (χ0n) is 10.0. The Morgan fingerprint density at radius 3 is 3.22 bits per heavy atom. The fourth-order valence-electron chi connectivity index (χ4n) is 3.45. The highest BCUT2D eigenvalue weighted by atomic mass is 15.1. The number of hydrogen-bond acceptors (Lipinski definition) is 3. The third kappa shape index (κ3) is 1.15. The molecule has 2 heterocycles. The molecule has 2 aromatic rings. The summed E-state index contributed by atoms with van der Waals surface area (Å²) in [5, 5.41) is 21.3. The van der Waals surface area contributed by atoms with Gasteiger partial charge in [0.1, 0.15) is 6.07 Å². The van der Waals surface area contributed by atoms with Gasteiger partial charge in [-0.1, -0.05) is 12.1 Å². The second kappa shape index (κ2) is 3.33. The van der Waals surface area contributed by atoms with Gasteiger partial charge in [-0.2, -0.15) is 10.4 Å². The number of para-hydroxylation sites is 1. The lowest BCUT2D eigenvalue weighted by molar-refractivity contribution is 0.441. The normalized spacial score (nSPS) is 29.8. The highest BCUT2D eigenvalue weighted by Crippen LogP contribution is 2.57. The van der Waals surface area contributed by atoms with E-state index in [-0.39, 0.29) is 5.41 Å². The Morgan fingerprint density at radius 2 is 2.39 bits per heavy atom. The van der Waals surface area contributed by atoms with E-state index < -0.39 is 0 Å². The van der Waals surface area contributed by atoms with E-state index in [1.807, 2.05) is 12.1 Å². The Labute approximate surface area is 105 Å². The van der Waals surface area contributed by atoms with Crippen LogP contribution in [0.1, 0.15) is 24.1 Å². The molecule has 18 heavy (non-hydrogen) atoms. The molecule has 1 unspecified atom stereocenters. The van der Waals surface area contributed by atoms with Gasteiger partial charge in [-0.25, -0.2) is 0 Å². The molecule has 2 atom stereocenters. The van der Waals surface area contributed by atoms with Crippen LogP contribution in [0.25, 0.3) is 10.9 Å². The summed E-state index contributed by atoms with van der Waals surface area (Å²) in [5.41, 5.74) is 2.96. The van der Waals surface area contributed by atoms with Crippen LogP contribution in [0, 0.1) is 17.2 Å². The van der Waals surface area contributed by atoms with Crippen molar-refractivity contribution in [2.24, 2.45) is 5.92 Å². The molecule has 1 saturated heterocycles. The van der Waals surface area contributed by atoms with E-state index in [1.54, 1.807) is 0 Å². The standard InChI is InChI=1S/C14H14N4/c15-7-9-2-1-3-11-12(9)17-18-13(11)14-6-10(14)4-5-16-8-14/h1-3,10,16H,4-6,8H2,(H,17,18)/t10-,14?/m1/s1. The zero-order valence-corrected chi connectivity index (χ0v) is 10.0. The van der Waals surface area contributed by atoms with Crippen LogP contribution in [0.3, 0.4) is 0 Å². The minimum absolute atomic E-state index is 0.227. The van der Waals surface area contributed by atoms with Gasteiger partial charge in [-0.15, -0.1) is 0 Å². The van der Waals surface area contributed by atoms with Crippen molar-refractivity contribution in [3.63, 3.8) is 0 Å². The molecule has 1 aromatic heterocycles. The number of nitrogens with one attached hydrogen (secondary N) is 2. The minimum atomic E-state index is 0.227. The van der Waals surface area contributed by atoms with Crippen molar-refractivity contribution in [2.45, 2.75) is 18.3 Å². The molecule has 0 amide bonds. The minimum Gasteiger partial charge on any atom is -0.316 e. The van der Waals surface area contributed by atoms with Crippen LogP contribution in [0.5, 0.6) is 0 Å². The lowest BCUT2D eigenvalue weighted by atomic mass is 9.92. The number of hydrogen-bond donors (Lipinski definition) is 2. The van der Waals surface area contributed by atoms with Gasteiger partial charge in [-0.3, -0.25) is 5.10 Å². The molecule has 0 bridgehead atoms. The second-order valence-electron chi connectivity index (χ2n) is 5.43. The predicted octanol–water partition coefficient (Wildman–Crippen LogP) is 1.69. The molecule has 1 saturated carbocycles. The fourth-order valence-corrected chi connectivity index (χ4v) is 3.45. The van der Waals surface area contributed by atoms with E-state index in [0.29, 0.717) is 5.56 Å². The molecule has 1 aliphatic heterocycles. The molecule has 2 fully saturated rings. The first-order valence-corrected chi connectivity index (χ1v) is 6.43. The van der Waals surface area contributed by atoms with Crippen molar-refractivity contribution in [2.75, 3.05) is 13.1 Å². The van der Waals surface area contributed by atoms with Gasteiger partial charge >= 0.3 is 0 Å². The first-order chi connectivity index (χ1) is 8.85. The smallest absolute Gasteiger partial charge is 0.101 e. The average Bonchev–Trinajstić information content (AvgIpc) is 3.00. The summed E-state index contributed by atoms with van der Waals surface area (Å²) in [6.07, 6.45) is 2.48. The van der Waals surface area contributed by atoms with Crippen molar-refractivity contribution in [3.8, 4) is 6.07 Å². The Bertz CT molecular complexity index is 666. The second-order valence-corrected chi connectivity index (χ2v) is 5.43. The summed E-state index contributed by atoms with van der Waals surface area (Å²) in [7, 11) is 0. The van der Waals surface area contributed by atoms with Crippen LogP contribution in [-0.4, -0.2) is 23.3 Å². The van der Waals surface area contributed by atoms with Crippen molar-refractivity contribution in [3.05, 3.63) is 29.5 Å². The van der Waals surface area contributed by atoms with Gasteiger partial charge in [0, 0.05) is 17.3 Å². The van der Waals surface area contributed by atoms with Crippen LogP contribution < -0.4 is 5.32 Å². The largest absolute Gasteiger partial charge is 0.316 e. The Hall–Kier alpha value is -1.86. The number of piperidine rings is 1. The summed E-state index contributed by atoms with van der Waals surface area (Å²) in [6, 6.07) is 8.09. The van der Waals surface area contributed by atoms with Crippen molar-refractivity contribution in [1.82, 2.24) is 15.5 Å². The molecule has 4 heteroatoms.